The van der Waals surface area contributed by atoms with Crippen molar-refractivity contribution in [2.24, 2.45) is 0 Å². The molecule has 1 heterocycles. The Hall–Kier alpha value is -0.200. The SMILES string of the molecule is CCC1(C)OC(COC)C(C)(O)C(C)(OC)C1(C)OC. The highest BCUT2D eigenvalue weighted by atomic mass is 16.6. The molecule has 1 fully saturated rings. The molecule has 1 aliphatic heterocycles. The van der Waals surface area contributed by atoms with E-state index in [1.165, 1.54) is 0 Å². The second-order valence-electron chi connectivity index (χ2n) is 6.27. The predicted octanol–water partition coefficient (Wildman–Crippen LogP) is 1.76. The van der Waals surface area contributed by atoms with E-state index >= 15 is 0 Å². The molecule has 0 aromatic rings. The van der Waals surface area contributed by atoms with Crippen molar-refractivity contribution in [2.75, 3.05) is 27.9 Å². The fraction of sp³-hybridized carbons (Fsp3) is 1.00. The molecule has 0 aromatic heterocycles. The smallest absolute Gasteiger partial charge is 0.127 e. The minimum atomic E-state index is -1.25. The van der Waals surface area contributed by atoms with Crippen molar-refractivity contribution in [1.29, 1.82) is 0 Å². The lowest BCUT2D eigenvalue weighted by Gasteiger charge is -2.65. The molecule has 0 bridgehead atoms. The summed E-state index contributed by atoms with van der Waals surface area (Å²) in [6, 6.07) is 0. The maximum atomic E-state index is 11.1. The zero-order chi connectivity index (χ0) is 15.8. The molecule has 5 unspecified atom stereocenters. The second kappa shape index (κ2) is 5.54. The summed E-state index contributed by atoms with van der Waals surface area (Å²) >= 11 is 0. The van der Waals surface area contributed by atoms with Gasteiger partial charge in [-0.15, -0.1) is 0 Å². The van der Waals surface area contributed by atoms with Crippen LogP contribution in [0.15, 0.2) is 0 Å². The van der Waals surface area contributed by atoms with Crippen molar-refractivity contribution in [3.8, 4) is 0 Å². The van der Waals surface area contributed by atoms with Crippen LogP contribution in [-0.2, 0) is 18.9 Å². The molecule has 0 aliphatic carbocycles. The van der Waals surface area contributed by atoms with Crippen LogP contribution in [0.4, 0.5) is 0 Å². The Bertz CT molecular complexity index is 345. The van der Waals surface area contributed by atoms with Crippen LogP contribution < -0.4 is 0 Å². The molecule has 0 radical (unpaired) electrons. The van der Waals surface area contributed by atoms with Gasteiger partial charge in [0.05, 0.1) is 12.2 Å². The number of ether oxygens (including phenoxy) is 4. The Kier molecular flexibility index (Phi) is 4.94. The lowest BCUT2D eigenvalue weighted by atomic mass is 9.61. The summed E-state index contributed by atoms with van der Waals surface area (Å²) in [6.07, 6.45) is 0.234. The number of aliphatic hydroxyl groups is 1. The average molecular weight is 290 g/mol. The monoisotopic (exact) mass is 290 g/mol. The van der Waals surface area contributed by atoms with Crippen LogP contribution in [-0.4, -0.2) is 61.6 Å². The first-order valence-electron chi connectivity index (χ1n) is 7.09. The molecule has 1 N–H and O–H groups in total. The largest absolute Gasteiger partial charge is 0.384 e. The Balaban J connectivity index is 3.45. The zero-order valence-electron chi connectivity index (χ0n) is 14.1. The predicted molar refractivity (Wildman–Crippen MR) is 76.9 cm³/mol. The summed E-state index contributed by atoms with van der Waals surface area (Å²) < 4.78 is 23.0. The molecule has 5 atom stereocenters. The molecule has 1 rings (SSSR count). The average Bonchev–Trinajstić information content (AvgIpc) is 2.43. The van der Waals surface area contributed by atoms with Gasteiger partial charge < -0.3 is 24.1 Å². The third-order valence-corrected chi connectivity index (χ3v) is 5.72. The van der Waals surface area contributed by atoms with Gasteiger partial charge >= 0.3 is 0 Å². The van der Waals surface area contributed by atoms with E-state index in [1.54, 1.807) is 28.3 Å². The zero-order valence-corrected chi connectivity index (χ0v) is 14.1. The van der Waals surface area contributed by atoms with Gasteiger partial charge in [-0.2, -0.15) is 0 Å². The fourth-order valence-corrected chi connectivity index (χ4v) is 3.42. The van der Waals surface area contributed by atoms with Crippen molar-refractivity contribution in [2.45, 2.75) is 69.5 Å². The van der Waals surface area contributed by atoms with Crippen molar-refractivity contribution >= 4 is 0 Å². The number of rotatable bonds is 5. The lowest BCUT2D eigenvalue weighted by Crippen LogP contribution is -2.81. The van der Waals surface area contributed by atoms with Crippen molar-refractivity contribution in [3.05, 3.63) is 0 Å². The van der Waals surface area contributed by atoms with Gasteiger partial charge in [-0.25, -0.2) is 0 Å². The van der Waals surface area contributed by atoms with Crippen LogP contribution in [0, 0.1) is 0 Å². The Morgan fingerprint density at radius 3 is 1.85 bits per heavy atom. The summed E-state index contributed by atoms with van der Waals surface area (Å²) in [4.78, 5) is 0. The van der Waals surface area contributed by atoms with Gasteiger partial charge in [-0.05, 0) is 34.1 Å². The topological polar surface area (TPSA) is 57.2 Å². The number of methoxy groups -OCH3 is 3. The fourth-order valence-electron chi connectivity index (χ4n) is 3.42. The maximum absolute atomic E-state index is 11.1. The third kappa shape index (κ3) is 2.03. The van der Waals surface area contributed by atoms with Crippen molar-refractivity contribution in [3.63, 3.8) is 0 Å². The molecule has 0 aromatic carbocycles. The summed E-state index contributed by atoms with van der Waals surface area (Å²) in [5.41, 5.74) is -3.60. The highest BCUT2D eigenvalue weighted by molar-refractivity contribution is 5.21. The number of hydrogen-bond donors (Lipinski definition) is 1. The van der Waals surface area contributed by atoms with E-state index in [0.29, 0.717) is 6.61 Å². The van der Waals surface area contributed by atoms with Crippen LogP contribution in [0.5, 0.6) is 0 Å². The van der Waals surface area contributed by atoms with Crippen LogP contribution >= 0.6 is 0 Å². The van der Waals surface area contributed by atoms with E-state index in [-0.39, 0.29) is 0 Å². The minimum Gasteiger partial charge on any atom is -0.384 e. The summed E-state index contributed by atoms with van der Waals surface area (Å²) in [6.45, 7) is 9.84. The molecule has 20 heavy (non-hydrogen) atoms. The summed E-state index contributed by atoms with van der Waals surface area (Å²) in [5, 5.41) is 11.1. The van der Waals surface area contributed by atoms with E-state index in [0.717, 1.165) is 6.42 Å². The second-order valence-corrected chi connectivity index (χ2v) is 6.27. The van der Waals surface area contributed by atoms with E-state index in [1.807, 2.05) is 27.7 Å². The van der Waals surface area contributed by atoms with Gasteiger partial charge in [0.15, 0.2) is 0 Å². The van der Waals surface area contributed by atoms with Gasteiger partial charge in [-0.3, -0.25) is 0 Å². The molecule has 5 nitrogen and oxygen atoms in total. The van der Waals surface area contributed by atoms with E-state index in [9.17, 15) is 5.11 Å². The standard InChI is InChI=1S/C15H30O5/c1-9-12(2)14(4,18-7)15(5,19-8)13(3,16)11(20-12)10-17-6/h11,16H,9-10H2,1-8H3. The highest BCUT2D eigenvalue weighted by Crippen LogP contribution is 2.53. The van der Waals surface area contributed by atoms with Crippen molar-refractivity contribution < 1.29 is 24.1 Å². The first-order valence-corrected chi connectivity index (χ1v) is 7.09. The van der Waals surface area contributed by atoms with Crippen LogP contribution in [0.3, 0.4) is 0 Å². The maximum Gasteiger partial charge on any atom is 0.127 e. The highest BCUT2D eigenvalue weighted by Gasteiger charge is 2.71. The minimum absolute atomic E-state index is 0.293. The van der Waals surface area contributed by atoms with Gasteiger partial charge in [-0.1, -0.05) is 6.92 Å². The molecule has 1 aliphatic rings. The van der Waals surface area contributed by atoms with Crippen LogP contribution in [0.1, 0.15) is 41.0 Å². The normalized spacial score (nSPS) is 49.4. The lowest BCUT2D eigenvalue weighted by molar-refractivity contribution is -0.383. The Labute approximate surface area is 122 Å². The molecule has 120 valence electrons. The first kappa shape index (κ1) is 17.9. The first-order chi connectivity index (χ1) is 9.10. The summed E-state index contributed by atoms with van der Waals surface area (Å²) in [5.74, 6) is 0. The van der Waals surface area contributed by atoms with Crippen LogP contribution in [0.2, 0.25) is 0 Å². The van der Waals surface area contributed by atoms with Gasteiger partial charge in [0, 0.05) is 21.3 Å². The van der Waals surface area contributed by atoms with Gasteiger partial charge in [0.25, 0.3) is 0 Å². The van der Waals surface area contributed by atoms with E-state index in [4.69, 9.17) is 18.9 Å². The summed E-state index contributed by atoms with van der Waals surface area (Å²) in [7, 11) is 4.81. The van der Waals surface area contributed by atoms with E-state index in [2.05, 4.69) is 0 Å². The number of hydrogen-bond acceptors (Lipinski definition) is 5. The Morgan fingerprint density at radius 2 is 1.50 bits per heavy atom. The third-order valence-electron chi connectivity index (χ3n) is 5.72. The molecule has 0 saturated carbocycles. The quantitative estimate of drug-likeness (QED) is 0.836. The Morgan fingerprint density at radius 1 is 1.00 bits per heavy atom. The van der Waals surface area contributed by atoms with Crippen LogP contribution in [0.25, 0.3) is 0 Å². The molecular weight excluding hydrogens is 260 g/mol. The molecule has 0 spiro atoms. The van der Waals surface area contributed by atoms with Crippen molar-refractivity contribution in [1.82, 2.24) is 0 Å². The van der Waals surface area contributed by atoms with E-state index < -0.39 is 28.5 Å². The molecule has 1 saturated heterocycles. The molecule has 5 heteroatoms. The van der Waals surface area contributed by atoms with Gasteiger partial charge in [0.2, 0.25) is 0 Å². The molecule has 0 amide bonds. The van der Waals surface area contributed by atoms with Gasteiger partial charge in [0.1, 0.15) is 22.9 Å². The molecular formula is C15H30O5.